The lowest BCUT2D eigenvalue weighted by Crippen LogP contribution is -2.19. The van der Waals surface area contributed by atoms with Gasteiger partial charge in [0.1, 0.15) is 11.9 Å². The number of rotatable bonds is 6. The van der Waals surface area contributed by atoms with Crippen LogP contribution in [-0.2, 0) is 0 Å². The summed E-state index contributed by atoms with van der Waals surface area (Å²) in [6, 6.07) is 10.8. The molecule has 0 aliphatic heterocycles. The molecule has 0 radical (unpaired) electrons. The Labute approximate surface area is 170 Å². The van der Waals surface area contributed by atoms with Gasteiger partial charge < -0.3 is 9.67 Å². The van der Waals surface area contributed by atoms with Gasteiger partial charge in [-0.25, -0.2) is 15.2 Å². The Morgan fingerprint density at radius 2 is 1.90 bits per heavy atom. The average Bonchev–Trinajstić information content (AvgIpc) is 3.01. The molecule has 10 nitrogen and oxygen atoms in total. The fourth-order valence-electron chi connectivity index (χ4n) is 2.91. The number of hydrogen-bond donors (Lipinski definition) is 2. The van der Waals surface area contributed by atoms with Crippen molar-refractivity contribution in [3.05, 3.63) is 87.0 Å². The second-order valence-electron chi connectivity index (χ2n) is 6.37. The van der Waals surface area contributed by atoms with Gasteiger partial charge in [-0.15, -0.1) is 0 Å². The second kappa shape index (κ2) is 8.35. The lowest BCUT2D eigenvalue weighted by Gasteiger charge is -2.09. The maximum Gasteiger partial charge on any atom is 0.335 e. The highest BCUT2D eigenvalue weighted by Crippen LogP contribution is 2.20. The van der Waals surface area contributed by atoms with E-state index in [0.717, 1.165) is 28.8 Å². The van der Waals surface area contributed by atoms with Gasteiger partial charge in [0.25, 0.3) is 11.6 Å². The SMILES string of the molecule is Cc1cc(C=NNC(=O)c2ccc([N+](=O)[O-])cn2)c(C)n1-c1ccc(C(=O)O)cc1. The number of aromatic nitrogens is 2. The summed E-state index contributed by atoms with van der Waals surface area (Å²) in [6.45, 7) is 3.77. The number of nitrogens with zero attached hydrogens (tertiary/aromatic N) is 4. The Morgan fingerprint density at radius 1 is 1.20 bits per heavy atom. The lowest BCUT2D eigenvalue weighted by atomic mass is 10.2. The Kier molecular flexibility index (Phi) is 5.68. The first kappa shape index (κ1) is 20.4. The van der Waals surface area contributed by atoms with E-state index in [1.165, 1.54) is 30.5 Å². The number of carbonyl (C=O) groups excluding carboxylic acids is 1. The molecule has 2 heterocycles. The number of carboxylic acids is 1. The van der Waals surface area contributed by atoms with Crippen LogP contribution in [0.5, 0.6) is 0 Å². The summed E-state index contributed by atoms with van der Waals surface area (Å²) >= 11 is 0. The standard InChI is InChI=1S/C20H17N5O5/c1-12-9-15(13(2)24(12)16-5-3-14(4-6-16)20(27)28)10-22-23-19(26)18-8-7-17(11-21-18)25(29)30/h3-11H,1-2H3,(H,23,26)(H,27,28). The number of carbonyl (C=O) groups is 2. The number of nitro groups is 1. The highest BCUT2D eigenvalue weighted by atomic mass is 16.6. The molecule has 152 valence electrons. The van der Waals surface area contributed by atoms with Crippen LogP contribution >= 0.6 is 0 Å². The lowest BCUT2D eigenvalue weighted by molar-refractivity contribution is -0.385. The number of aryl methyl sites for hydroxylation is 1. The van der Waals surface area contributed by atoms with Crippen LogP contribution in [0.15, 0.2) is 53.8 Å². The van der Waals surface area contributed by atoms with Crippen molar-refractivity contribution >= 4 is 23.8 Å². The van der Waals surface area contributed by atoms with E-state index in [9.17, 15) is 19.7 Å². The third-order valence-corrected chi connectivity index (χ3v) is 4.40. The molecule has 0 fully saturated rings. The molecule has 30 heavy (non-hydrogen) atoms. The van der Waals surface area contributed by atoms with Crippen molar-refractivity contribution < 1.29 is 19.6 Å². The summed E-state index contributed by atoms with van der Waals surface area (Å²) in [6.07, 6.45) is 2.48. The van der Waals surface area contributed by atoms with Crippen LogP contribution in [0.1, 0.15) is 37.8 Å². The maximum atomic E-state index is 12.1. The minimum Gasteiger partial charge on any atom is -0.478 e. The van der Waals surface area contributed by atoms with Crippen molar-refractivity contribution in [2.45, 2.75) is 13.8 Å². The predicted molar refractivity (Wildman–Crippen MR) is 108 cm³/mol. The first-order valence-electron chi connectivity index (χ1n) is 8.74. The van der Waals surface area contributed by atoms with Crippen molar-refractivity contribution in [3.8, 4) is 5.69 Å². The number of hydrogen-bond acceptors (Lipinski definition) is 6. The molecule has 3 rings (SSSR count). The van der Waals surface area contributed by atoms with E-state index >= 15 is 0 Å². The van der Waals surface area contributed by atoms with Crippen LogP contribution < -0.4 is 5.43 Å². The first-order valence-corrected chi connectivity index (χ1v) is 8.74. The molecule has 2 aromatic heterocycles. The molecule has 2 N–H and O–H groups in total. The van der Waals surface area contributed by atoms with E-state index in [0.29, 0.717) is 0 Å². The molecule has 0 saturated carbocycles. The molecular weight excluding hydrogens is 390 g/mol. The third-order valence-electron chi connectivity index (χ3n) is 4.40. The van der Waals surface area contributed by atoms with E-state index in [2.05, 4.69) is 15.5 Å². The highest BCUT2D eigenvalue weighted by Gasteiger charge is 2.12. The first-order chi connectivity index (χ1) is 14.3. The van der Waals surface area contributed by atoms with Crippen LogP contribution in [0.2, 0.25) is 0 Å². The maximum absolute atomic E-state index is 12.1. The van der Waals surface area contributed by atoms with Crippen molar-refractivity contribution in [2.75, 3.05) is 0 Å². The van der Waals surface area contributed by atoms with Crippen molar-refractivity contribution in [1.29, 1.82) is 0 Å². The van der Waals surface area contributed by atoms with Crippen LogP contribution in [-0.4, -0.2) is 37.7 Å². The number of nitrogens with one attached hydrogen (secondary N) is 1. The number of pyridine rings is 1. The van der Waals surface area contributed by atoms with Crippen LogP contribution in [0, 0.1) is 24.0 Å². The smallest absolute Gasteiger partial charge is 0.335 e. The van der Waals surface area contributed by atoms with Crippen LogP contribution in [0.25, 0.3) is 5.69 Å². The molecule has 0 atom stereocenters. The van der Waals surface area contributed by atoms with E-state index in [1.54, 1.807) is 12.1 Å². The summed E-state index contributed by atoms with van der Waals surface area (Å²) < 4.78 is 1.94. The van der Waals surface area contributed by atoms with Gasteiger partial charge in [0, 0.05) is 28.7 Å². The Morgan fingerprint density at radius 3 is 2.47 bits per heavy atom. The number of hydrazone groups is 1. The summed E-state index contributed by atoms with van der Waals surface area (Å²) in [4.78, 5) is 36.9. The summed E-state index contributed by atoms with van der Waals surface area (Å²) in [5, 5.41) is 23.6. The molecule has 0 aliphatic rings. The van der Waals surface area contributed by atoms with Gasteiger partial charge in [-0.1, -0.05) is 0 Å². The largest absolute Gasteiger partial charge is 0.478 e. The summed E-state index contributed by atoms with van der Waals surface area (Å²) in [5.41, 5.74) is 5.64. The molecule has 10 heteroatoms. The number of amides is 1. The highest BCUT2D eigenvalue weighted by molar-refractivity contribution is 5.93. The van der Waals surface area contributed by atoms with E-state index in [1.807, 2.05) is 24.5 Å². The van der Waals surface area contributed by atoms with Crippen LogP contribution in [0.3, 0.4) is 0 Å². The van der Waals surface area contributed by atoms with E-state index in [4.69, 9.17) is 5.11 Å². The molecule has 3 aromatic rings. The van der Waals surface area contributed by atoms with Gasteiger partial charge in [0.05, 0.1) is 16.7 Å². The number of carboxylic acid groups (broad SMARTS) is 1. The monoisotopic (exact) mass is 407 g/mol. The molecule has 0 bridgehead atoms. The molecule has 0 aliphatic carbocycles. The fourth-order valence-corrected chi connectivity index (χ4v) is 2.91. The van der Waals surface area contributed by atoms with E-state index < -0.39 is 16.8 Å². The molecular formula is C20H17N5O5. The predicted octanol–water partition coefficient (Wildman–Crippen LogP) is 2.86. The summed E-state index contributed by atoms with van der Waals surface area (Å²) in [7, 11) is 0. The third kappa shape index (κ3) is 4.22. The zero-order chi connectivity index (χ0) is 21.8. The van der Waals surface area contributed by atoms with Gasteiger partial charge in [-0.3, -0.25) is 14.9 Å². The minimum atomic E-state index is -0.992. The van der Waals surface area contributed by atoms with Crippen molar-refractivity contribution in [3.63, 3.8) is 0 Å². The number of aromatic carboxylic acids is 1. The molecule has 1 aromatic carbocycles. The molecule has 0 unspecified atom stereocenters. The topological polar surface area (TPSA) is 140 Å². The van der Waals surface area contributed by atoms with Gasteiger partial charge >= 0.3 is 5.97 Å². The fraction of sp³-hybridized carbons (Fsp3) is 0.100. The molecule has 0 saturated heterocycles. The van der Waals surface area contributed by atoms with Gasteiger partial charge in [-0.05, 0) is 50.2 Å². The molecule has 1 amide bonds. The Bertz CT molecular complexity index is 1150. The molecule has 0 spiro atoms. The van der Waals surface area contributed by atoms with Gasteiger partial charge in [0.15, 0.2) is 0 Å². The van der Waals surface area contributed by atoms with Crippen LogP contribution in [0.4, 0.5) is 5.69 Å². The van der Waals surface area contributed by atoms with Gasteiger partial charge in [-0.2, -0.15) is 5.10 Å². The van der Waals surface area contributed by atoms with Crippen molar-refractivity contribution in [2.24, 2.45) is 5.10 Å². The zero-order valence-corrected chi connectivity index (χ0v) is 16.1. The minimum absolute atomic E-state index is 0.00161. The van der Waals surface area contributed by atoms with E-state index in [-0.39, 0.29) is 16.9 Å². The summed E-state index contributed by atoms with van der Waals surface area (Å²) in [5.74, 6) is -1.59. The Balaban J connectivity index is 1.75. The zero-order valence-electron chi connectivity index (χ0n) is 16.1. The van der Waals surface area contributed by atoms with Crippen molar-refractivity contribution in [1.82, 2.24) is 15.0 Å². The number of benzene rings is 1. The quantitative estimate of drug-likeness (QED) is 0.366. The second-order valence-corrected chi connectivity index (χ2v) is 6.37. The normalized spacial score (nSPS) is 10.9. The Hall–Kier alpha value is -4.34. The van der Waals surface area contributed by atoms with Gasteiger partial charge in [0.2, 0.25) is 0 Å². The average molecular weight is 407 g/mol.